The van der Waals surface area contributed by atoms with Crippen LogP contribution in [0.1, 0.15) is 24.2 Å². The molecule has 0 aliphatic carbocycles. The molecule has 1 aromatic heterocycles. The van der Waals surface area contributed by atoms with Crippen LogP contribution in [-0.4, -0.2) is 29.0 Å². The Labute approximate surface area is 114 Å². The SMILES string of the molecule is COc1cccc([C@H](C)N(C)Cc2cnccn2)c1. The van der Waals surface area contributed by atoms with Gasteiger partial charge < -0.3 is 4.74 Å². The van der Waals surface area contributed by atoms with E-state index in [1.54, 1.807) is 25.7 Å². The monoisotopic (exact) mass is 257 g/mol. The summed E-state index contributed by atoms with van der Waals surface area (Å²) in [4.78, 5) is 10.6. The molecule has 4 nitrogen and oxygen atoms in total. The highest BCUT2D eigenvalue weighted by molar-refractivity contribution is 5.30. The van der Waals surface area contributed by atoms with Crippen LogP contribution < -0.4 is 4.74 Å². The third-order valence-corrected chi connectivity index (χ3v) is 3.27. The maximum absolute atomic E-state index is 5.26. The number of aromatic nitrogens is 2. The summed E-state index contributed by atoms with van der Waals surface area (Å²) < 4.78 is 5.26. The summed E-state index contributed by atoms with van der Waals surface area (Å²) in [6.45, 7) is 2.94. The Hall–Kier alpha value is -1.94. The van der Waals surface area contributed by atoms with E-state index >= 15 is 0 Å². The quantitative estimate of drug-likeness (QED) is 0.825. The summed E-state index contributed by atoms with van der Waals surface area (Å²) in [5.41, 5.74) is 2.20. The number of nitrogens with zero attached hydrogens (tertiary/aromatic N) is 3. The number of rotatable bonds is 5. The van der Waals surface area contributed by atoms with Crippen molar-refractivity contribution in [3.8, 4) is 5.75 Å². The second-order valence-corrected chi connectivity index (χ2v) is 4.56. The van der Waals surface area contributed by atoms with Crippen molar-refractivity contribution in [3.05, 3.63) is 54.1 Å². The van der Waals surface area contributed by atoms with Gasteiger partial charge in [-0.1, -0.05) is 12.1 Å². The number of hydrogen-bond donors (Lipinski definition) is 0. The van der Waals surface area contributed by atoms with E-state index in [-0.39, 0.29) is 6.04 Å². The first-order chi connectivity index (χ1) is 9.20. The lowest BCUT2D eigenvalue weighted by atomic mass is 10.1. The normalized spacial score (nSPS) is 12.4. The standard InChI is InChI=1S/C15H19N3O/c1-12(13-5-4-6-15(9-13)19-3)18(2)11-14-10-16-7-8-17-14/h4-10,12H,11H2,1-3H3/t12-/m0/s1. The van der Waals surface area contributed by atoms with Gasteiger partial charge in [0.05, 0.1) is 12.8 Å². The molecule has 0 spiro atoms. The summed E-state index contributed by atoms with van der Waals surface area (Å²) in [6, 6.07) is 8.44. The Morgan fingerprint density at radius 2 is 2.16 bits per heavy atom. The first-order valence-electron chi connectivity index (χ1n) is 6.30. The smallest absolute Gasteiger partial charge is 0.119 e. The van der Waals surface area contributed by atoms with Crippen molar-refractivity contribution < 1.29 is 4.74 Å². The Morgan fingerprint density at radius 1 is 1.32 bits per heavy atom. The summed E-state index contributed by atoms with van der Waals surface area (Å²) in [6.07, 6.45) is 5.21. The Bertz CT molecular complexity index is 516. The van der Waals surface area contributed by atoms with Crippen molar-refractivity contribution in [1.29, 1.82) is 0 Å². The van der Waals surface area contributed by atoms with Gasteiger partial charge in [-0.3, -0.25) is 14.9 Å². The van der Waals surface area contributed by atoms with Gasteiger partial charge in [-0.25, -0.2) is 0 Å². The molecule has 0 saturated carbocycles. The average Bonchev–Trinajstić information content (AvgIpc) is 2.47. The van der Waals surface area contributed by atoms with Gasteiger partial charge in [0.2, 0.25) is 0 Å². The van der Waals surface area contributed by atoms with E-state index in [0.29, 0.717) is 0 Å². The van der Waals surface area contributed by atoms with E-state index in [4.69, 9.17) is 4.74 Å². The van der Waals surface area contributed by atoms with Crippen LogP contribution in [0, 0.1) is 0 Å². The Balaban J connectivity index is 2.08. The first kappa shape index (κ1) is 13.5. The van der Waals surface area contributed by atoms with Crippen LogP contribution in [0.3, 0.4) is 0 Å². The summed E-state index contributed by atoms with van der Waals surface area (Å²) in [7, 11) is 3.77. The first-order valence-corrected chi connectivity index (χ1v) is 6.30. The minimum atomic E-state index is 0.289. The van der Waals surface area contributed by atoms with Crippen molar-refractivity contribution >= 4 is 0 Å². The third-order valence-electron chi connectivity index (χ3n) is 3.27. The van der Waals surface area contributed by atoms with E-state index in [9.17, 15) is 0 Å². The van der Waals surface area contributed by atoms with E-state index < -0.39 is 0 Å². The molecular formula is C15H19N3O. The van der Waals surface area contributed by atoms with E-state index in [0.717, 1.165) is 18.0 Å². The number of benzene rings is 1. The zero-order valence-electron chi connectivity index (χ0n) is 11.6. The van der Waals surface area contributed by atoms with E-state index in [1.807, 2.05) is 12.1 Å². The molecule has 0 saturated heterocycles. The van der Waals surface area contributed by atoms with Crippen LogP contribution in [0.15, 0.2) is 42.9 Å². The second kappa shape index (κ2) is 6.29. The van der Waals surface area contributed by atoms with Gasteiger partial charge in [-0.2, -0.15) is 0 Å². The minimum absolute atomic E-state index is 0.289. The molecule has 0 aliphatic rings. The largest absolute Gasteiger partial charge is 0.497 e. The molecule has 0 amide bonds. The number of hydrogen-bond acceptors (Lipinski definition) is 4. The van der Waals surface area contributed by atoms with Crippen molar-refractivity contribution in [2.75, 3.05) is 14.2 Å². The molecule has 0 fully saturated rings. The molecule has 2 aromatic rings. The molecule has 1 aromatic carbocycles. The molecule has 0 N–H and O–H groups in total. The lowest BCUT2D eigenvalue weighted by molar-refractivity contribution is 0.249. The molecular weight excluding hydrogens is 238 g/mol. The van der Waals surface area contributed by atoms with Gasteiger partial charge in [0.25, 0.3) is 0 Å². The van der Waals surface area contributed by atoms with Crippen molar-refractivity contribution in [2.45, 2.75) is 19.5 Å². The molecule has 100 valence electrons. The number of methoxy groups -OCH3 is 1. The molecule has 0 aliphatic heterocycles. The molecule has 19 heavy (non-hydrogen) atoms. The van der Waals surface area contributed by atoms with Gasteiger partial charge in [-0.15, -0.1) is 0 Å². The zero-order chi connectivity index (χ0) is 13.7. The molecule has 0 unspecified atom stereocenters. The van der Waals surface area contributed by atoms with E-state index in [1.165, 1.54) is 5.56 Å². The van der Waals surface area contributed by atoms with Crippen molar-refractivity contribution in [2.24, 2.45) is 0 Å². The van der Waals surface area contributed by atoms with Gasteiger partial charge >= 0.3 is 0 Å². The highest BCUT2D eigenvalue weighted by Gasteiger charge is 2.13. The second-order valence-electron chi connectivity index (χ2n) is 4.56. The fourth-order valence-corrected chi connectivity index (χ4v) is 1.96. The van der Waals surface area contributed by atoms with Crippen molar-refractivity contribution in [1.82, 2.24) is 14.9 Å². The lowest BCUT2D eigenvalue weighted by Gasteiger charge is -2.24. The lowest BCUT2D eigenvalue weighted by Crippen LogP contribution is -2.22. The molecule has 0 radical (unpaired) electrons. The van der Waals surface area contributed by atoms with Crippen LogP contribution >= 0.6 is 0 Å². The highest BCUT2D eigenvalue weighted by Crippen LogP contribution is 2.23. The predicted octanol–water partition coefficient (Wildman–Crippen LogP) is 2.68. The maximum atomic E-state index is 5.26. The average molecular weight is 257 g/mol. The van der Waals surface area contributed by atoms with Crippen LogP contribution in [0.4, 0.5) is 0 Å². The fourth-order valence-electron chi connectivity index (χ4n) is 1.96. The molecule has 2 rings (SSSR count). The topological polar surface area (TPSA) is 38.2 Å². The highest BCUT2D eigenvalue weighted by atomic mass is 16.5. The molecule has 1 atom stereocenters. The summed E-state index contributed by atoms with van der Waals surface area (Å²) in [5, 5.41) is 0. The summed E-state index contributed by atoms with van der Waals surface area (Å²) in [5.74, 6) is 0.886. The van der Waals surface area contributed by atoms with E-state index in [2.05, 4.69) is 41.0 Å². The van der Waals surface area contributed by atoms with Crippen LogP contribution in [0.5, 0.6) is 5.75 Å². The molecule has 0 bridgehead atoms. The molecule has 4 heteroatoms. The van der Waals surface area contributed by atoms with Crippen LogP contribution in [-0.2, 0) is 6.54 Å². The Kier molecular flexibility index (Phi) is 4.47. The van der Waals surface area contributed by atoms with Gasteiger partial charge in [0, 0.05) is 31.2 Å². The maximum Gasteiger partial charge on any atom is 0.119 e. The number of ether oxygens (including phenoxy) is 1. The zero-order valence-corrected chi connectivity index (χ0v) is 11.6. The minimum Gasteiger partial charge on any atom is -0.497 e. The van der Waals surface area contributed by atoms with Crippen LogP contribution in [0.2, 0.25) is 0 Å². The van der Waals surface area contributed by atoms with Gasteiger partial charge in [0.1, 0.15) is 5.75 Å². The third kappa shape index (κ3) is 3.51. The predicted molar refractivity (Wildman–Crippen MR) is 74.9 cm³/mol. The van der Waals surface area contributed by atoms with Crippen molar-refractivity contribution in [3.63, 3.8) is 0 Å². The summed E-state index contributed by atoms with van der Waals surface area (Å²) >= 11 is 0. The van der Waals surface area contributed by atoms with Gasteiger partial charge in [0.15, 0.2) is 0 Å². The fraction of sp³-hybridized carbons (Fsp3) is 0.333. The molecule has 1 heterocycles. The van der Waals surface area contributed by atoms with Crippen LogP contribution in [0.25, 0.3) is 0 Å². The van der Waals surface area contributed by atoms with Gasteiger partial charge in [-0.05, 0) is 31.7 Å². The Morgan fingerprint density at radius 3 is 2.84 bits per heavy atom.